The molecule has 1 aromatic heterocycles. The van der Waals surface area contributed by atoms with Crippen LogP contribution in [0.15, 0.2) is 5.16 Å². The van der Waals surface area contributed by atoms with E-state index in [0.29, 0.717) is 12.0 Å². The molecule has 1 aromatic rings. The lowest BCUT2D eigenvalue weighted by Gasteiger charge is -2.10. The molecule has 3 rings (SSSR count). The van der Waals surface area contributed by atoms with E-state index in [9.17, 15) is 4.79 Å². The van der Waals surface area contributed by atoms with E-state index in [1.807, 2.05) is 6.92 Å². The summed E-state index contributed by atoms with van der Waals surface area (Å²) in [5.74, 6) is 1.42. The highest BCUT2D eigenvalue weighted by molar-refractivity contribution is 8.00. The Labute approximate surface area is 104 Å². The number of hydrogen-bond donors (Lipinski definition) is 1. The second-order valence-electron chi connectivity index (χ2n) is 4.88. The SMILES string of the molecule is C[C@H](Sc1nnc(C2CC2)n1C1CC1)C(N)=O. The molecule has 6 heteroatoms. The van der Waals surface area contributed by atoms with Gasteiger partial charge in [-0.1, -0.05) is 11.8 Å². The lowest BCUT2D eigenvalue weighted by atomic mass is 10.4. The van der Waals surface area contributed by atoms with Gasteiger partial charge in [0.15, 0.2) is 5.16 Å². The fourth-order valence-corrected chi connectivity index (χ4v) is 2.76. The van der Waals surface area contributed by atoms with E-state index in [0.717, 1.165) is 11.0 Å². The fourth-order valence-electron chi connectivity index (χ4n) is 1.88. The average Bonchev–Trinajstić information content (AvgIpc) is 3.18. The fraction of sp³-hybridized carbons (Fsp3) is 0.727. The first-order chi connectivity index (χ1) is 8.16. The number of nitrogens with two attached hydrogens (primary N) is 1. The number of hydrogen-bond acceptors (Lipinski definition) is 4. The smallest absolute Gasteiger partial charge is 0.230 e. The van der Waals surface area contributed by atoms with Crippen LogP contribution in [0.25, 0.3) is 0 Å². The predicted octanol–water partition coefficient (Wildman–Crippen LogP) is 1.46. The molecule has 1 amide bonds. The van der Waals surface area contributed by atoms with Crippen molar-refractivity contribution in [3.05, 3.63) is 5.82 Å². The topological polar surface area (TPSA) is 73.8 Å². The molecular weight excluding hydrogens is 236 g/mol. The molecule has 0 saturated heterocycles. The van der Waals surface area contributed by atoms with Crippen molar-refractivity contribution in [3.8, 4) is 0 Å². The molecule has 2 N–H and O–H groups in total. The summed E-state index contributed by atoms with van der Waals surface area (Å²) in [6.45, 7) is 1.82. The normalized spacial score (nSPS) is 21.5. The molecule has 2 aliphatic carbocycles. The summed E-state index contributed by atoms with van der Waals surface area (Å²) in [6.07, 6.45) is 4.86. The minimum absolute atomic E-state index is 0.247. The highest BCUT2D eigenvalue weighted by Crippen LogP contribution is 2.46. The van der Waals surface area contributed by atoms with Gasteiger partial charge in [0.1, 0.15) is 5.82 Å². The monoisotopic (exact) mass is 252 g/mol. The van der Waals surface area contributed by atoms with Gasteiger partial charge in [0.25, 0.3) is 0 Å². The van der Waals surface area contributed by atoms with Gasteiger partial charge in [-0.05, 0) is 32.6 Å². The van der Waals surface area contributed by atoms with Crippen molar-refractivity contribution in [3.63, 3.8) is 0 Å². The summed E-state index contributed by atoms with van der Waals surface area (Å²) in [7, 11) is 0. The molecule has 2 saturated carbocycles. The van der Waals surface area contributed by atoms with Crippen LogP contribution in [0.4, 0.5) is 0 Å². The summed E-state index contributed by atoms with van der Waals surface area (Å²) in [6, 6.07) is 0.558. The van der Waals surface area contributed by atoms with Gasteiger partial charge in [-0.25, -0.2) is 0 Å². The van der Waals surface area contributed by atoms with E-state index in [2.05, 4.69) is 14.8 Å². The van der Waals surface area contributed by atoms with Gasteiger partial charge in [0.2, 0.25) is 5.91 Å². The van der Waals surface area contributed by atoms with Gasteiger partial charge in [-0.2, -0.15) is 0 Å². The Balaban J connectivity index is 1.85. The van der Waals surface area contributed by atoms with Crippen LogP contribution in [0.3, 0.4) is 0 Å². The largest absolute Gasteiger partial charge is 0.369 e. The Hall–Kier alpha value is -1.04. The molecule has 2 fully saturated rings. The van der Waals surface area contributed by atoms with Crippen molar-refractivity contribution in [1.82, 2.24) is 14.8 Å². The molecule has 17 heavy (non-hydrogen) atoms. The number of carbonyl (C=O) groups is 1. The second-order valence-corrected chi connectivity index (χ2v) is 6.19. The van der Waals surface area contributed by atoms with Crippen LogP contribution in [0, 0.1) is 0 Å². The van der Waals surface area contributed by atoms with Crippen LogP contribution >= 0.6 is 11.8 Å². The van der Waals surface area contributed by atoms with Crippen LogP contribution in [0.1, 0.15) is 50.4 Å². The minimum atomic E-state index is -0.298. The Morgan fingerprint density at radius 2 is 2.12 bits per heavy atom. The van der Waals surface area contributed by atoms with Crippen molar-refractivity contribution >= 4 is 17.7 Å². The molecule has 0 spiro atoms. The molecule has 1 heterocycles. The lowest BCUT2D eigenvalue weighted by Crippen LogP contribution is -2.23. The molecule has 0 unspecified atom stereocenters. The quantitative estimate of drug-likeness (QED) is 0.805. The number of aromatic nitrogens is 3. The highest BCUT2D eigenvalue weighted by Gasteiger charge is 2.36. The molecular formula is C11H16N4OS. The maximum absolute atomic E-state index is 11.1. The maximum Gasteiger partial charge on any atom is 0.230 e. The number of primary amides is 1. The molecule has 5 nitrogen and oxygen atoms in total. The second kappa shape index (κ2) is 4.01. The average molecular weight is 252 g/mol. The number of rotatable bonds is 5. The van der Waals surface area contributed by atoms with E-state index in [-0.39, 0.29) is 11.2 Å². The summed E-state index contributed by atoms with van der Waals surface area (Å²) in [5, 5.41) is 9.14. The summed E-state index contributed by atoms with van der Waals surface area (Å²) in [4.78, 5) is 11.1. The lowest BCUT2D eigenvalue weighted by molar-refractivity contribution is -0.117. The minimum Gasteiger partial charge on any atom is -0.369 e. The van der Waals surface area contributed by atoms with Crippen LogP contribution in [-0.2, 0) is 4.79 Å². The Morgan fingerprint density at radius 3 is 2.65 bits per heavy atom. The van der Waals surface area contributed by atoms with E-state index in [1.165, 1.54) is 37.4 Å². The van der Waals surface area contributed by atoms with Gasteiger partial charge in [0, 0.05) is 12.0 Å². The summed E-state index contributed by atoms with van der Waals surface area (Å²) >= 11 is 1.43. The predicted molar refractivity (Wildman–Crippen MR) is 64.8 cm³/mol. The number of carbonyl (C=O) groups excluding carboxylic acids is 1. The third-order valence-corrected chi connectivity index (χ3v) is 4.30. The van der Waals surface area contributed by atoms with E-state index in [4.69, 9.17) is 5.73 Å². The van der Waals surface area contributed by atoms with Crippen LogP contribution in [0.5, 0.6) is 0 Å². The van der Waals surface area contributed by atoms with Crippen LogP contribution < -0.4 is 5.73 Å². The van der Waals surface area contributed by atoms with Crippen LogP contribution in [0.2, 0.25) is 0 Å². The molecule has 1 atom stereocenters. The van der Waals surface area contributed by atoms with Crippen molar-refractivity contribution < 1.29 is 4.79 Å². The standard InChI is InChI=1S/C11H16N4OS/c1-6(9(12)16)17-11-14-13-10(7-2-3-7)15(11)8-4-5-8/h6-8H,2-5H2,1H3,(H2,12,16)/t6-/m0/s1. The molecule has 0 aromatic carbocycles. The first-order valence-electron chi connectivity index (χ1n) is 6.07. The van der Waals surface area contributed by atoms with Crippen molar-refractivity contribution in [2.75, 3.05) is 0 Å². The zero-order valence-corrected chi connectivity index (χ0v) is 10.6. The van der Waals surface area contributed by atoms with Gasteiger partial charge in [-0.15, -0.1) is 10.2 Å². The van der Waals surface area contributed by atoms with E-state index >= 15 is 0 Å². The van der Waals surface area contributed by atoms with Gasteiger partial charge in [-0.3, -0.25) is 4.79 Å². The van der Waals surface area contributed by atoms with Gasteiger partial charge < -0.3 is 10.3 Å². The molecule has 0 aliphatic heterocycles. The molecule has 2 aliphatic rings. The number of thioether (sulfide) groups is 1. The zero-order chi connectivity index (χ0) is 12.0. The van der Waals surface area contributed by atoms with E-state index < -0.39 is 0 Å². The summed E-state index contributed by atoms with van der Waals surface area (Å²) < 4.78 is 2.24. The third kappa shape index (κ3) is 2.18. The first-order valence-corrected chi connectivity index (χ1v) is 6.95. The molecule has 0 bridgehead atoms. The Bertz CT molecular complexity index is 450. The molecule has 92 valence electrons. The van der Waals surface area contributed by atoms with Crippen molar-refractivity contribution in [1.29, 1.82) is 0 Å². The Morgan fingerprint density at radius 1 is 1.41 bits per heavy atom. The maximum atomic E-state index is 11.1. The van der Waals surface area contributed by atoms with Crippen molar-refractivity contribution in [2.45, 2.75) is 55.0 Å². The first kappa shape index (κ1) is 11.1. The Kier molecular flexibility index (Phi) is 2.61. The van der Waals surface area contributed by atoms with Crippen molar-refractivity contribution in [2.24, 2.45) is 5.73 Å². The highest BCUT2D eigenvalue weighted by atomic mass is 32.2. The van der Waals surface area contributed by atoms with Gasteiger partial charge >= 0.3 is 0 Å². The van der Waals surface area contributed by atoms with Gasteiger partial charge in [0.05, 0.1) is 5.25 Å². The zero-order valence-electron chi connectivity index (χ0n) is 9.80. The third-order valence-electron chi connectivity index (χ3n) is 3.23. The van der Waals surface area contributed by atoms with E-state index in [1.54, 1.807) is 0 Å². The molecule has 0 radical (unpaired) electrons. The number of nitrogens with zero attached hydrogens (tertiary/aromatic N) is 3. The number of amides is 1. The summed E-state index contributed by atoms with van der Waals surface area (Å²) in [5.41, 5.74) is 5.29. The van der Waals surface area contributed by atoms with Crippen LogP contribution in [-0.4, -0.2) is 25.9 Å².